The summed E-state index contributed by atoms with van der Waals surface area (Å²) in [5.74, 6) is 0.436. The molecule has 7 heteroatoms. The molecule has 4 heterocycles. The van der Waals surface area contributed by atoms with Crippen LogP contribution in [-0.2, 0) is 4.79 Å². The normalized spacial score (nSPS) is 16.7. The van der Waals surface area contributed by atoms with Gasteiger partial charge >= 0.3 is 0 Å². The molecule has 0 saturated carbocycles. The van der Waals surface area contributed by atoms with Crippen molar-refractivity contribution in [2.75, 3.05) is 19.6 Å². The molecule has 3 aromatic rings. The Morgan fingerprint density at radius 2 is 2.14 bits per heavy atom. The van der Waals surface area contributed by atoms with Crippen molar-refractivity contribution in [3.8, 4) is 0 Å². The van der Waals surface area contributed by atoms with Crippen molar-refractivity contribution in [2.24, 2.45) is 5.73 Å². The highest BCUT2D eigenvalue weighted by molar-refractivity contribution is 5.78. The van der Waals surface area contributed by atoms with Gasteiger partial charge in [-0.05, 0) is 18.9 Å². The number of carbonyl (C=O) groups excluding carboxylic acids is 1. The molecule has 3 aromatic heterocycles. The predicted octanol–water partition coefficient (Wildman–Crippen LogP) is 0.875. The summed E-state index contributed by atoms with van der Waals surface area (Å²) in [6.07, 6.45) is 7.49. The number of aromatic nitrogens is 4. The maximum Gasteiger partial charge on any atom is 0.236 e. The van der Waals surface area contributed by atoms with Crippen LogP contribution in [0, 0.1) is 0 Å². The van der Waals surface area contributed by atoms with Crippen molar-refractivity contribution < 1.29 is 4.79 Å². The number of fused-ring (bicyclic) bond motifs is 3. The lowest BCUT2D eigenvalue weighted by atomic mass is 9.93. The molecule has 1 amide bonds. The molecule has 3 N–H and O–H groups in total. The number of nitrogens with one attached hydrogen (secondary N) is 1. The number of H-pyrrole nitrogens is 1. The average molecular weight is 298 g/mol. The highest BCUT2D eigenvalue weighted by Crippen LogP contribution is 2.30. The minimum absolute atomic E-state index is 0.0359. The molecule has 22 heavy (non-hydrogen) atoms. The van der Waals surface area contributed by atoms with E-state index in [0.29, 0.717) is 5.92 Å². The zero-order chi connectivity index (χ0) is 15.1. The monoisotopic (exact) mass is 298 g/mol. The summed E-state index contributed by atoms with van der Waals surface area (Å²) < 4.78 is 2.17. The third kappa shape index (κ3) is 1.97. The Bertz CT molecular complexity index is 827. The first kappa shape index (κ1) is 13.3. The van der Waals surface area contributed by atoms with Crippen LogP contribution in [0.2, 0.25) is 0 Å². The lowest BCUT2D eigenvalue weighted by Gasteiger charge is -2.31. The van der Waals surface area contributed by atoms with Gasteiger partial charge in [0.05, 0.1) is 18.3 Å². The Balaban J connectivity index is 1.68. The molecule has 1 aliphatic heterocycles. The second kappa shape index (κ2) is 5.10. The molecule has 0 spiro atoms. The molecule has 0 radical (unpaired) electrons. The molecular weight excluding hydrogens is 280 g/mol. The first-order chi connectivity index (χ1) is 10.8. The van der Waals surface area contributed by atoms with Gasteiger partial charge in [-0.1, -0.05) is 0 Å². The van der Waals surface area contributed by atoms with Crippen molar-refractivity contribution in [3.63, 3.8) is 0 Å². The number of nitrogens with two attached hydrogens (primary N) is 1. The van der Waals surface area contributed by atoms with Crippen LogP contribution in [0.5, 0.6) is 0 Å². The highest BCUT2D eigenvalue weighted by atomic mass is 16.2. The Morgan fingerprint density at radius 3 is 2.91 bits per heavy atom. The van der Waals surface area contributed by atoms with E-state index in [1.165, 1.54) is 5.69 Å². The van der Waals surface area contributed by atoms with Gasteiger partial charge in [0.1, 0.15) is 0 Å². The van der Waals surface area contributed by atoms with E-state index < -0.39 is 0 Å². The Kier molecular flexibility index (Phi) is 3.07. The predicted molar refractivity (Wildman–Crippen MR) is 82.5 cm³/mol. The summed E-state index contributed by atoms with van der Waals surface area (Å²) in [5.41, 5.74) is 9.41. The highest BCUT2D eigenvalue weighted by Gasteiger charge is 2.25. The van der Waals surface area contributed by atoms with Crippen molar-refractivity contribution >= 4 is 22.7 Å². The number of hydrogen-bond acceptors (Lipinski definition) is 4. The number of piperidine rings is 1. The van der Waals surface area contributed by atoms with Gasteiger partial charge in [0, 0.05) is 37.1 Å². The fourth-order valence-corrected chi connectivity index (χ4v) is 3.33. The van der Waals surface area contributed by atoms with E-state index in [2.05, 4.69) is 19.4 Å². The third-order valence-corrected chi connectivity index (χ3v) is 4.51. The van der Waals surface area contributed by atoms with Crippen LogP contribution in [0.1, 0.15) is 24.5 Å². The van der Waals surface area contributed by atoms with Gasteiger partial charge in [-0.2, -0.15) is 0 Å². The summed E-state index contributed by atoms with van der Waals surface area (Å²) in [7, 11) is 0. The maximum atomic E-state index is 11.7. The SMILES string of the molecule is NCC(=O)N1CCC(c2cnc3cnc4[nH]ccc4n23)CC1. The van der Waals surface area contributed by atoms with Gasteiger partial charge in [-0.25, -0.2) is 9.97 Å². The van der Waals surface area contributed by atoms with Crippen LogP contribution in [0.15, 0.2) is 24.7 Å². The van der Waals surface area contributed by atoms with Crippen molar-refractivity contribution in [2.45, 2.75) is 18.8 Å². The summed E-state index contributed by atoms with van der Waals surface area (Å²) in [4.78, 5) is 25.5. The first-order valence-corrected chi connectivity index (χ1v) is 7.55. The fourth-order valence-electron chi connectivity index (χ4n) is 3.33. The molecule has 0 bridgehead atoms. The molecule has 114 valence electrons. The number of rotatable bonds is 2. The molecule has 0 aromatic carbocycles. The average Bonchev–Trinajstić information content (AvgIpc) is 3.19. The molecule has 1 aliphatic rings. The van der Waals surface area contributed by atoms with Crippen LogP contribution in [0.25, 0.3) is 16.8 Å². The zero-order valence-corrected chi connectivity index (χ0v) is 12.2. The summed E-state index contributed by atoms with van der Waals surface area (Å²) in [5, 5.41) is 0. The summed E-state index contributed by atoms with van der Waals surface area (Å²) in [6, 6.07) is 2.02. The quantitative estimate of drug-likeness (QED) is 0.734. The van der Waals surface area contributed by atoms with Gasteiger partial charge in [-0.3, -0.25) is 9.20 Å². The number of hydrogen-bond donors (Lipinski definition) is 2. The molecule has 0 aliphatic carbocycles. The third-order valence-electron chi connectivity index (χ3n) is 4.51. The van der Waals surface area contributed by atoms with Crippen molar-refractivity contribution in [1.82, 2.24) is 24.3 Å². The molecule has 0 atom stereocenters. The molecule has 4 rings (SSSR count). The molecule has 1 fully saturated rings. The van der Waals surface area contributed by atoms with Crippen molar-refractivity contribution in [3.05, 3.63) is 30.4 Å². The minimum atomic E-state index is 0.0359. The topological polar surface area (TPSA) is 92.3 Å². The van der Waals surface area contributed by atoms with Crippen LogP contribution in [-0.4, -0.2) is 49.8 Å². The number of likely N-dealkylation sites (tertiary alicyclic amines) is 1. The van der Waals surface area contributed by atoms with Gasteiger partial charge in [0.2, 0.25) is 5.91 Å². The number of carbonyl (C=O) groups is 1. The van der Waals surface area contributed by atoms with E-state index in [-0.39, 0.29) is 12.5 Å². The van der Waals surface area contributed by atoms with E-state index in [1.54, 1.807) is 6.20 Å². The first-order valence-electron chi connectivity index (χ1n) is 7.55. The second-order valence-electron chi connectivity index (χ2n) is 5.71. The maximum absolute atomic E-state index is 11.7. The smallest absolute Gasteiger partial charge is 0.236 e. The second-order valence-corrected chi connectivity index (χ2v) is 5.71. The standard InChI is InChI=1S/C15H18N6O/c16-7-14(22)20-5-2-10(3-6-20)12-8-18-13-9-19-15-11(21(12)13)1-4-17-15/h1,4,8-10,17H,2-3,5-7,16H2. The molecule has 0 unspecified atom stereocenters. The lowest BCUT2D eigenvalue weighted by molar-refractivity contribution is -0.130. The lowest BCUT2D eigenvalue weighted by Crippen LogP contribution is -2.41. The fraction of sp³-hybridized carbons (Fsp3) is 0.400. The summed E-state index contributed by atoms with van der Waals surface area (Å²) in [6.45, 7) is 1.61. The Labute approximate surface area is 127 Å². The van der Waals surface area contributed by atoms with Gasteiger partial charge in [0.25, 0.3) is 0 Å². The minimum Gasteiger partial charge on any atom is -0.345 e. The molecule has 7 nitrogen and oxygen atoms in total. The summed E-state index contributed by atoms with van der Waals surface area (Å²) >= 11 is 0. The largest absolute Gasteiger partial charge is 0.345 e. The molecular formula is C15H18N6O. The van der Waals surface area contributed by atoms with E-state index in [4.69, 9.17) is 5.73 Å². The van der Waals surface area contributed by atoms with E-state index >= 15 is 0 Å². The number of aromatic amines is 1. The van der Waals surface area contributed by atoms with Crippen LogP contribution < -0.4 is 5.73 Å². The zero-order valence-electron chi connectivity index (χ0n) is 12.2. The van der Waals surface area contributed by atoms with Crippen LogP contribution in [0.3, 0.4) is 0 Å². The van der Waals surface area contributed by atoms with E-state index in [1.807, 2.05) is 23.4 Å². The van der Waals surface area contributed by atoms with Crippen molar-refractivity contribution in [1.29, 1.82) is 0 Å². The van der Waals surface area contributed by atoms with Crippen LogP contribution in [0.4, 0.5) is 0 Å². The van der Waals surface area contributed by atoms with Gasteiger partial charge in [0.15, 0.2) is 11.3 Å². The van der Waals surface area contributed by atoms with E-state index in [0.717, 1.165) is 42.7 Å². The van der Waals surface area contributed by atoms with E-state index in [9.17, 15) is 4.79 Å². The van der Waals surface area contributed by atoms with Gasteiger partial charge < -0.3 is 15.6 Å². The number of imidazole rings is 1. The Morgan fingerprint density at radius 1 is 1.32 bits per heavy atom. The number of amides is 1. The molecule has 1 saturated heterocycles. The van der Waals surface area contributed by atoms with Crippen LogP contribution >= 0.6 is 0 Å². The van der Waals surface area contributed by atoms with Gasteiger partial charge in [-0.15, -0.1) is 0 Å². The Hall–Kier alpha value is -2.41. The number of nitrogens with zero attached hydrogens (tertiary/aromatic N) is 4.